The lowest BCUT2D eigenvalue weighted by atomic mass is 10.1. The van der Waals surface area contributed by atoms with Crippen LogP contribution in [0.3, 0.4) is 0 Å². The second kappa shape index (κ2) is 7.06. The fraction of sp³-hybridized carbons (Fsp3) is 0.875. The summed E-state index contributed by atoms with van der Waals surface area (Å²) in [6, 6.07) is 0. The SMILES string of the molecule is CCOC(=O)[C@@H](O)CCCCN. The van der Waals surface area contributed by atoms with Crippen LogP contribution >= 0.6 is 0 Å². The molecular weight excluding hydrogens is 158 g/mol. The number of hydrogen-bond acceptors (Lipinski definition) is 4. The monoisotopic (exact) mass is 175 g/mol. The molecule has 0 aliphatic carbocycles. The van der Waals surface area contributed by atoms with E-state index in [2.05, 4.69) is 4.74 Å². The molecule has 0 aromatic carbocycles. The predicted octanol–water partition coefficient (Wildman–Crippen LogP) is 0.0394. The van der Waals surface area contributed by atoms with Gasteiger partial charge in [-0.3, -0.25) is 0 Å². The summed E-state index contributed by atoms with van der Waals surface area (Å²) in [4.78, 5) is 10.8. The van der Waals surface area contributed by atoms with Gasteiger partial charge in [0.15, 0.2) is 6.10 Å². The lowest BCUT2D eigenvalue weighted by Crippen LogP contribution is -2.23. The van der Waals surface area contributed by atoms with E-state index in [1.807, 2.05) is 0 Å². The highest BCUT2D eigenvalue weighted by atomic mass is 16.5. The van der Waals surface area contributed by atoms with Crippen molar-refractivity contribution in [2.75, 3.05) is 13.2 Å². The molecule has 0 amide bonds. The summed E-state index contributed by atoms with van der Waals surface area (Å²) in [6.07, 6.45) is 1.06. The minimum absolute atomic E-state index is 0.312. The lowest BCUT2D eigenvalue weighted by molar-refractivity contribution is -0.153. The van der Waals surface area contributed by atoms with Gasteiger partial charge in [-0.05, 0) is 32.7 Å². The molecule has 0 aromatic heterocycles. The third kappa shape index (κ3) is 5.09. The first-order valence-corrected chi connectivity index (χ1v) is 4.27. The number of unbranched alkanes of at least 4 members (excludes halogenated alkanes) is 1. The van der Waals surface area contributed by atoms with Crippen LogP contribution < -0.4 is 5.73 Å². The molecular formula is C8H17NO3. The van der Waals surface area contributed by atoms with Crippen LogP contribution in [0.25, 0.3) is 0 Å². The number of hydrogen-bond donors (Lipinski definition) is 2. The van der Waals surface area contributed by atoms with Crippen LogP contribution in [0.1, 0.15) is 26.2 Å². The number of esters is 1. The molecule has 4 nitrogen and oxygen atoms in total. The van der Waals surface area contributed by atoms with E-state index in [-0.39, 0.29) is 0 Å². The normalized spacial score (nSPS) is 12.6. The number of ether oxygens (including phenoxy) is 1. The maximum atomic E-state index is 10.8. The average Bonchev–Trinajstić information content (AvgIpc) is 2.05. The smallest absolute Gasteiger partial charge is 0.334 e. The van der Waals surface area contributed by atoms with Crippen LogP contribution in [0.15, 0.2) is 0 Å². The van der Waals surface area contributed by atoms with E-state index in [9.17, 15) is 4.79 Å². The average molecular weight is 175 g/mol. The van der Waals surface area contributed by atoms with E-state index in [1.165, 1.54) is 0 Å². The van der Waals surface area contributed by atoms with Gasteiger partial charge in [0.2, 0.25) is 0 Å². The Hall–Kier alpha value is -0.610. The summed E-state index contributed by atoms with van der Waals surface area (Å²) >= 11 is 0. The highest BCUT2D eigenvalue weighted by Gasteiger charge is 2.14. The number of aliphatic hydroxyl groups is 1. The van der Waals surface area contributed by atoms with Crippen LogP contribution in [0.5, 0.6) is 0 Å². The number of carbonyl (C=O) groups is 1. The number of aliphatic hydroxyl groups excluding tert-OH is 1. The van der Waals surface area contributed by atoms with Crippen molar-refractivity contribution in [1.29, 1.82) is 0 Å². The summed E-state index contributed by atoms with van der Waals surface area (Å²) in [7, 11) is 0. The van der Waals surface area contributed by atoms with Crippen LogP contribution in [0.4, 0.5) is 0 Å². The van der Waals surface area contributed by atoms with Crippen LogP contribution in [0, 0.1) is 0 Å². The van der Waals surface area contributed by atoms with E-state index in [0.717, 1.165) is 12.8 Å². The van der Waals surface area contributed by atoms with Gasteiger partial charge in [0.25, 0.3) is 0 Å². The molecule has 3 N–H and O–H groups in total. The van der Waals surface area contributed by atoms with E-state index in [1.54, 1.807) is 6.92 Å². The number of carbonyl (C=O) groups excluding carboxylic acids is 1. The molecule has 0 bridgehead atoms. The molecule has 0 spiro atoms. The first-order chi connectivity index (χ1) is 5.72. The first kappa shape index (κ1) is 11.4. The van der Waals surface area contributed by atoms with Crippen molar-refractivity contribution in [3.63, 3.8) is 0 Å². The standard InChI is InChI=1S/C8H17NO3/c1-2-12-8(11)7(10)5-3-4-6-9/h7,10H,2-6,9H2,1H3/t7-/m0/s1. The first-order valence-electron chi connectivity index (χ1n) is 4.27. The van der Waals surface area contributed by atoms with Crippen LogP contribution in [-0.4, -0.2) is 30.3 Å². The molecule has 0 unspecified atom stereocenters. The minimum atomic E-state index is -0.975. The molecule has 12 heavy (non-hydrogen) atoms. The highest BCUT2D eigenvalue weighted by Crippen LogP contribution is 2.01. The molecule has 0 aliphatic rings. The van der Waals surface area contributed by atoms with Gasteiger partial charge in [-0.2, -0.15) is 0 Å². The zero-order valence-corrected chi connectivity index (χ0v) is 7.45. The Morgan fingerprint density at radius 2 is 2.25 bits per heavy atom. The Balaban J connectivity index is 3.42. The second-order valence-electron chi connectivity index (χ2n) is 2.55. The lowest BCUT2D eigenvalue weighted by Gasteiger charge is -2.08. The Bertz CT molecular complexity index is 127. The van der Waals surface area contributed by atoms with Crippen molar-refractivity contribution in [1.82, 2.24) is 0 Å². The molecule has 0 rings (SSSR count). The van der Waals surface area contributed by atoms with Crippen molar-refractivity contribution in [2.45, 2.75) is 32.3 Å². The van der Waals surface area contributed by atoms with E-state index in [4.69, 9.17) is 10.8 Å². The third-order valence-corrected chi connectivity index (χ3v) is 1.49. The summed E-state index contributed by atoms with van der Waals surface area (Å²) < 4.78 is 4.61. The summed E-state index contributed by atoms with van der Waals surface area (Å²) in [5, 5.41) is 9.16. The van der Waals surface area contributed by atoms with Crippen molar-refractivity contribution in [3.8, 4) is 0 Å². The molecule has 4 heteroatoms. The van der Waals surface area contributed by atoms with Gasteiger partial charge in [-0.1, -0.05) is 0 Å². The topological polar surface area (TPSA) is 72.5 Å². The second-order valence-corrected chi connectivity index (χ2v) is 2.55. The van der Waals surface area contributed by atoms with Gasteiger partial charge in [0.05, 0.1) is 6.61 Å². The molecule has 0 aromatic rings. The van der Waals surface area contributed by atoms with Gasteiger partial charge in [0, 0.05) is 0 Å². The maximum Gasteiger partial charge on any atom is 0.334 e. The molecule has 1 atom stereocenters. The molecule has 72 valence electrons. The van der Waals surface area contributed by atoms with Crippen LogP contribution in [0.2, 0.25) is 0 Å². The molecule has 0 saturated heterocycles. The summed E-state index contributed by atoms with van der Waals surface area (Å²) in [6.45, 7) is 2.62. The van der Waals surface area contributed by atoms with Crippen molar-refractivity contribution < 1.29 is 14.6 Å². The number of nitrogens with two attached hydrogens (primary N) is 1. The largest absolute Gasteiger partial charge is 0.464 e. The fourth-order valence-corrected chi connectivity index (χ4v) is 0.838. The quantitative estimate of drug-likeness (QED) is 0.441. The molecule has 0 radical (unpaired) electrons. The molecule has 0 aliphatic heterocycles. The van der Waals surface area contributed by atoms with Crippen molar-refractivity contribution in [2.24, 2.45) is 5.73 Å². The van der Waals surface area contributed by atoms with E-state index < -0.39 is 12.1 Å². The molecule has 0 saturated carbocycles. The number of rotatable bonds is 6. The zero-order chi connectivity index (χ0) is 9.40. The van der Waals surface area contributed by atoms with Gasteiger partial charge < -0.3 is 15.6 Å². The van der Waals surface area contributed by atoms with E-state index in [0.29, 0.717) is 19.6 Å². The Kier molecular flexibility index (Phi) is 6.70. The highest BCUT2D eigenvalue weighted by molar-refractivity contribution is 5.74. The summed E-state index contributed by atoms with van der Waals surface area (Å²) in [5.41, 5.74) is 5.25. The predicted molar refractivity (Wildman–Crippen MR) is 45.5 cm³/mol. The Morgan fingerprint density at radius 3 is 2.75 bits per heavy atom. The van der Waals surface area contributed by atoms with Gasteiger partial charge in [0.1, 0.15) is 0 Å². The maximum absolute atomic E-state index is 10.8. The minimum Gasteiger partial charge on any atom is -0.464 e. The Labute approximate surface area is 72.7 Å². The van der Waals surface area contributed by atoms with Crippen LogP contribution in [-0.2, 0) is 9.53 Å². The van der Waals surface area contributed by atoms with Gasteiger partial charge in [-0.15, -0.1) is 0 Å². The van der Waals surface area contributed by atoms with Crippen molar-refractivity contribution >= 4 is 5.97 Å². The molecule has 0 fully saturated rings. The van der Waals surface area contributed by atoms with E-state index >= 15 is 0 Å². The Morgan fingerprint density at radius 1 is 1.58 bits per heavy atom. The van der Waals surface area contributed by atoms with Gasteiger partial charge >= 0.3 is 5.97 Å². The molecule has 0 heterocycles. The summed E-state index contributed by atoms with van der Waals surface area (Å²) in [5.74, 6) is -0.533. The van der Waals surface area contributed by atoms with Crippen molar-refractivity contribution in [3.05, 3.63) is 0 Å². The zero-order valence-electron chi connectivity index (χ0n) is 7.45. The third-order valence-electron chi connectivity index (χ3n) is 1.49. The van der Waals surface area contributed by atoms with Gasteiger partial charge in [-0.25, -0.2) is 4.79 Å². The fourth-order valence-electron chi connectivity index (χ4n) is 0.838.